The molecule has 1 N–H and O–H groups in total. The van der Waals surface area contributed by atoms with E-state index in [1.807, 2.05) is 0 Å². The molecule has 0 aromatic carbocycles. The molecule has 1 aromatic heterocycles. The molecular formula is C5H4BrFO2. The highest BCUT2D eigenvalue weighted by Gasteiger charge is 2.08. The summed E-state index contributed by atoms with van der Waals surface area (Å²) in [5.74, 6) is -0.530. The molecule has 0 aliphatic heterocycles. The molecule has 0 radical (unpaired) electrons. The number of rotatable bonds is 1. The Bertz CT molecular complexity index is 209. The first-order chi connectivity index (χ1) is 4.25. The molecule has 4 heteroatoms. The van der Waals surface area contributed by atoms with E-state index in [1.165, 1.54) is 6.26 Å². The van der Waals surface area contributed by atoms with Gasteiger partial charge in [0.05, 0.1) is 12.2 Å². The smallest absolute Gasteiger partial charge is 0.204 e. The van der Waals surface area contributed by atoms with Gasteiger partial charge in [0.2, 0.25) is 4.67 Å². The van der Waals surface area contributed by atoms with Crippen LogP contribution in [0.4, 0.5) is 4.39 Å². The van der Waals surface area contributed by atoms with Gasteiger partial charge in [-0.2, -0.15) is 0 Å². The molecule has 1 aromatic rings. The lowest BCUT2D eigenvalue weighted by atomic mass is 10.4. The summed E-state index contributed by atoms with van der Waals surface area (Å²) in [7, 11) is 0. The van der Waals surface area contributed by atoms with Crippen molar-refractivity contribution in [2.45, 2.75) is 6.61 Å². The van der Waals surface area contributed by atoms with Crippen LogP contribution in [0.15, 0.2) is 15.3 Å². The van der Waals surface area contributed by atoms with Crippen LogP contribution in [0.2, 0.25) is 0 Å². The third-order valence-electron chi connectivity index (χ3n) is 0.929. The van der Waals surface area contributed by atoms with Gasteiger partial charge in [-0.05, 0) is 15.9 Å². The number of aliphatic hydroxyl groups excluding tert-OH is 1. The molecule has 9 heavy (non-hydrogen) atoms. The predicted molar refractivity (Wildman–Crippen MR) is 32.3 cm³/mol. The fraction of sp³-hybridized carbons (Fsp3) is 0.200. The Hall–Kier alpha value is -0.350. The maximum Gasteiger partial charge on any atom is 0.204 e. The van der Waals surface area contributed by atoms with Gasteiger partial charge in [0.15, 0.2) is 5.82 Å². The number of hydrogen-bond acceptors (Lipinski definition) is 2. The molecule has 0 saturated carbocycles. The van der Waals surface area contributed by atoms with Crippen molar-refractivity contribution in [2.24, 2.45) is 0 Å². The Morgan fingerprint density at radius 2 is 2.44 bits per heavy atom. The number of hydrogen-bond donors (Lipinski definition) is 1. The molecule has 0 bridgehead atoms. The van der Waals surface area contributed by atoms with Gasteiger partial charge < -0.3 is 9.52 Å². The highest BCUT2D eigenvalue weighted by molar-refractivity contribution is 9.10. The average molecular weight is 195 g/mol. The summed E-state index contributed by atoms with van der Waals surface area (Å²) in [6.45, 7) is -0.332. The van der Waals surface area contributed by atoms with Gasteiger partial charge >= 0.3 is 0 Å². The molecule has 50 valence electrons. The van der Waals surface area contributed by atoms with Gasteiger partial charge in [-0.3, -0.25) is 0 Å². The summed E-state index contributed by atoms with van der Waals surface area (Å²) in [5.41, 5.74) is 0.168. The zero-order chi connectivity index (χ0) is 6.85. The average Bonchev–Trinajstić information content (AvgIpc) is 2.15. The van der Waals surface area contributed by atoms with E-state index >= 15 is 0 Å². The topological polar surface area (TPSA) is 33.4 Å². The van der Waals surface area contributed by atoms with Crippen LogP contribution in [0.5, 0.6) is 0 Å². The lowest BCUT2D eigenvalue weighted by Crippen LogP contribution is -1.81. The highest BCUT2D eigenvalue weighted by atomic mass is 79.9. The fourth-order valence-corrected chi connectivity index (χ4v) is 0.807. The molecule has 0 spiro atoms. The second-order valence-corrected chi connectivity index (χ2v) is 2.23. The van der Waals surface area contributed by atoms with E-state index in [9.17, 15) is 4.39 Å². The summed E-state index contributed by atoms with van der Waals surface area (Å²) in [4.78, 5) is 0. The summed E-state index contributed by atoms with van der Waals surface area (Å²) < 4.78 is 17.1. The monoisotopic (exact) mass is 194 g/mol. The van der Waals surface area contributed by atoms with Crippen molar-refractivity contribution in [2.75, 3.05) is 0 Å². The molecule has 0 atom stereocenters. The van der Waals surface area contributed by atoms with Crippen molar-refractivity contribution in [3.63, 3.8) is 0 Å². The minimum Gasteiger partial charge on any atom is -0.454 e. The van der Waals surface area contributed by atoms with Crippen LogP contribution in [0, 0.1) is 5.82 Å². The fourth-order valence-electron chi connectivity index (χ4n) is 0.459. The number of aliphatic hydroxyl groups is 1. The van der Waals surface area contributed by atoms with Crippen molar-refractivity contribution in [3.05, 3.63) is 22.3 Å². The summed E-state index contributed by atoms with van der Waals surface area (Å²) in [6, 6.07) is 0. The molecule has 0 saturated heterocycles. The van der Waals surface area contributed by atoms with Gasteiger partial charge in [-0.1, -0.05) is 0 Å². The zero-order valence-corrected chi connectivity index (χ0v) is 5.98. The van der Waals surface area contributed by atoms with Crippen molar-refractivity contribution >= 4 is 15.9 Å². The Labute approximate surface area is 59.4 Å². The van der Waals surface area contributed by atoms with Gasteiger partial charge in [0, 0.05) is 0 Å². The van der Waals surface area contributed by atoms with E-state index in [1.54, 1.807) is 0 Å². The minimum absolute atomic E-state index is 0.0338. The van der Waals surface area contributed by atoms with E-state index in [4.69, 9.17) is 5.11 Å². The third-order valence-corrected chi connectivity index (χ3v) is 1.46. The van der Waals surface area contributed by atoms with E-state index in [0.717, 1.165) is 0 Å². The van der Waals surface area contributed by atoms with Gasteiger partial charge in [0.1, 0.15) is 6.26 Å². The molecule has 0 aliphatic carbocycles. The van der Waals surface area contributed by atoms with Crippen molar-refractivity contribution < 1.29 is 13.9 Å². The Balaban J connectivity index is 3.04. The molecular weight excluding hydrogens is 191 g/mol. The SMILES string of the molecule is OCc1coc(Br)c1F. The van der Waals surface area contributed by atoms with Crippen molar-refractivity contribution in [1.29, 1.82) is 0 Å². The van der Waals surface area contributed by atoms with E-state index in [0.29, 0.717) is 0 Å². The van der Waals surface area contributed by atoms with E-state index in [-0.39, 0.29) is 16.8 Å². The van der Waals surface area contributed by atoms with Crippen molar-refractivity contribution in [3.8, 4) is 0 Å². The maximum absolute atomic E-state index is 12.5. The standard InChI is InChI=1S/C5H4BrFO2/c6-5-4(7)3(1-8)2-9-5/h2,8H,1H2. The second-order valence-electron chi connectivity index (χ2n) is 1.51. The Kier molecular flexibility index (Phi) is 1.87. The Morgan fingerprint density at radius 1 is 1.78 bits per heavy atom. The molecule has 0 aliphatic rings. The van der Waals surface area contributed by atoms with Crippen LogP contribution in [0.1, 0.15) is 5.56 Å². The summed E-state index contributed by atoms with van der Waals surface area (Å²) in [6.07, 6.45) is 1.17. The van der Waals surface area contributed by atoms with E-state index in [2.05, 4.69) is 20.3 Å². The van der Waals surface area contributed by atoms with Crippen LogP contribution in [-0.2, 0) is 6.61 Å². The van der Waals surface area contributed by atoms with E-state index < -0.39 is 5.82 Å². The normalized spacial score (nSPS) is 10.1. The highest BCUT2D eigenvalue weighted by Crippen LogP contribution is 2.20. The predicted octanol–water partition coefficient (Wildman–Crippen LogP) is 1.67. The summed E-state index contributed by atoms with van der Waals surface area (Å²) >= 11 is 2.80. The van der Waals surface area contributed by atoms with Gasteiger partial charge in [-0.25, -0.2) is 4.39 Å². The molecule has 1 heterocycles. The molecule has 0 fully saturated rings. The molecule has 0 amide bonds. The zero-order valence-electron chi connectivity index (χ0n) is 4.40. The number of furan rings is 1. The second kappa shape index (κ2) is 2.49. The third kappa shape index (κ3) is 1.14. The van der Waals surface area contributed by atoms with Crippen molar-refractivity contribution in [1.82, 2.24) is 0 Å². The van der Waals surface area contributed by atoms with Gasteiger partial charge in [0.25, 0.3) is 0 Å². The van der Waals surface area contributed by atoms with Crippen LogP contribution >= 0.6 is 15.9 Å². The minimum atomic E-state index is -0.530. The first-order valence-corrected chi connectivity index (χ1v) is 3.07. The quantitative estimate of drug-likeness (QED) is 0.739. The first-order valence-electron chi connectivity index (χ1n) is 2.28. The molecule has 0 unspecified atom stereocenters. The lowest BCUT2D eigenvalue weighted by Gasteiger charge is -1.83. The lowest BCUT2D eigenvalue weighted by molar-refractivity contribution is 0.275. The van der Waals surface area contributed by atoms with Crippen LogP contribution in [0.3, 0.4) is 0 Å². The van der Waals surface area contributed by atoms with Gasteiger partial charge in [-0.15, -0.1) is 0 Å². The van der Waals surface area contributed by atoms with Crippen LogP contribution in [-0.4, -0.2) is 5.11 Å². The summed E-state index contributed by atoms with van der Waals surface area (Å²) in [5, 5.41) is 8.41. The first kappa shape index (κ1) is 6.77. The Morgan fingerprint density at radius 3 is 2.67 bits per heavy atom. The molecule has 1 rings (SSSR count). The van der Waals surface area contributed by atoms with Crippen LogP contribution in [0.25, 0.3) is 0 Å². The maximum atomic E-state index is 12.5. The van der Waals surface area contributed by atoms with Crippen LogP contribution < -0.4 is 0 Å². The largest absolute Gasteiger partial charge is 0.454 e. The molecule has 2 nitrogen and oxygen atoms in total. The number of halogens is 2.